The van der Waals surface area contributed by atoms with Gasteiger partial charge < -0.3 is 14.8 Å². The summed E-state index contributed by atoms with van der Waals surface area (Å²) in [5.41, 5.74) is 4.01. The van der Waals surface area contributed by atoms with Crippen molar-refractivity contribution in [2.24, 2.45) is 0 Å². The molecule has 1 aliphatic heterocycles. The van der Waals surface area contributed by atoms with E-state index >= 15 is 0 Å². The standard InChI is InChI=1S/C20H27N3O3/c1-4-19-14(2)22-23(15(19)3)12-20(24)21-16-7-9-17(10-8-16)26-13-18-6-5-11-25-18/h7-10,18H,4-6,11-13H2,1-3H3,(H,21,24). The fourth-order valence-electron chi connectivity index (χ4n) is 3.34. The van der Waals surface area contributed by atoms with Gasteiger partial charge in [-0.05, 0) is 62.9 Å². The number of nitrogens with zero attached hydrogens (tertiary/aromatic N) is 2. The molecule has 1 unspecified atom stereocenters. The summed E-state index contributed by atoms with van der Waals surface area (Å²) >= 11 is 0. The molecule has 2 heterocycles. The number of carbonyl (C=O) groups excluding carboxylic acids is 1. The topological polar surface area (TPSA) is 65.4 Å². The van der Waals surface area contributed by atoms with Crippen LogP contribution in [0.1, 0.15) is 36.7 Å². The molecule has 1 aromatic heterocycles. The van der Waals surface area contributed by atoms with Gasteiger partial charge in [0.25, 0.3) is 0 Å². The molecule has 0 aliphatic carbocycles. The van der Waals surface area contributed by atoms with E-state index in [0.29, 0.717) is 6.61 Å². The van der Waals surface area contributed by atoms with Gasteiger partial charge in [0.2, 0.25) is 5.91 Å². The van der Waals surface area contributed by atoms with E-state index < -0.39 is 0 Å². The number of amides is 1. The molecule has 0 saturated carbocycles. The summed E-state index contributed by atoms with van der Waals surface area (Å²) in [6.07, 6.45) is 3.28. The van der Waals surface area contributed by atoms with E-state index in [0.717, 1.165) is 48.7 Å². The van der Waals surface area contributed by atoms with Crippen molar-refractivity contribution in [3.05, 3.63) is 41.2 Å². The lowest BCUT2D eigenvalue weighted by molar-refractivity contribution is -0.116. The maximum absolute atomic E-state index is 12.3. The minimum Gasteiger partial charge on any atom is -0.491 e. The lowest BCUT2D eigenvalue weighted by atomic mass is 10.1. The highest BCUT2D eigenvalue weighted by Crippen LogP contribution is 2.19. The third-order valence-electron chi connectivity index (χ3n) is 4.78. The van der Waals surface area contributed by atoms with Gasteiger partial charge in [0, 0.05) is 18.0 Å². The summed E-state index contributed by atoms with van der Waals surface area (Å²) in [7, 11) is 0. The molecule has 0 spiro atoms. The predicted octanol–water partition coefficient (Wildman–Crippen LogP) is 3.26. The molecule has 1 N–H and O–H groups in total. The summed E-state index contributed by atoms with van der Waals surface area (Å²) in [6.45, 7) is 7.70. The minimum atomic E-state index is -0.0914. The molecule has 2 aromatic rings. The second-order valence-electron chi connectivity index (χ2n) is 6.68. The van der Waals surface area contributed by atoms with Gasteiger partial charge in [0.15, 0.2) is 0 Å². The molecule has 140 valence electrons. The van der Waals surface area contributed by atoms with E-state index in [9.17, 15) is 4.79 Å². The number of rotatable bonds is 7. The van der Waals surface area contributed by atoms with E-state index in [4.69, 9.17) is 9.47 Å². The normalized spacial score (nSPS) is 16.7. The Morgan fingerprint density at radius 3 is 2.73 bits per heavy atom. The first-order valence-corrected chi connectivity index (χ1v) is 9.24. The number of aromatic nitrogens is 2. The van der Waals surface area contributed by atoms with Gasteiger partial charge in [-0.3, -0.25) is 9.48 Å². The van der Waals surface area contributed by atoms with Crippen molar-refractivity contribution in [2.75, 3.05) is 18.5 Å². The van der Waals surface area contributed by atoms with Crippen LogP contribution in [-0.4, -0.2) is 35.0 Å². The van der Waals surface area contributed by atoms with Crippen LogP contribution >= 0.6 is 0 Å². The van der Waals surface area contributed by atoms with Gasteiger partial charge in [0.05, 0.1) is 11.8 Å². The Labute approximate surface area is 154 Å². The first kappa shape index (κ1) is 18.5. The van der Waals surface area contributed by atoms with E-state index in [1.165, 1.54) is 5.56 Å². The van der Waals surface area contributed by atoms with Crippen LogP contribution in [0.5, 0.6) is 5.75 Å². The predicted molar refractivity (Wildman–Crippen MR) is 101 cm³/mol. The quantitative estimate of drug-likeness (QED) is 0.826. The van der Waals surface area contributed by atoms with Crippen molar-refractivity contribution in [3.63, 3.8) is 0 Å². The number of anilines is 1. The Bertz CT molecular complexity index is 746. The average Bonchev–Trinajstić information content (AvgIpc) is 3.23. The number of hydrogen-bond acceptors (Lipinski definition) is 4. The molecule has 1 saturated heterocycles. The summed E-state index contributed by atoms with van der Waals surface area (Å²) in [5, 5.41) is 7.37. The van der Waals surface area contributed by atoms with E-state index in [1.54, 1.807) is 4.68 Å². The lowest BCUT2D eigenvalue weighted by Crippen LogP contribution is -2.20. The SMILES string of the molecule is CCc1c(C)nn(CC(=O)Nc2ccc(OCC3CCCO3)cc2)c1C. The van der Waals surface area contributed by atoms with Crippen molar-refractivity contribution in [3.8, 4) is 5.75 Å². The molecular weight excluding hydrogens is 330 g/mol. The molecule has 0 radical (unpaired) electrons. The minimum absolute atomic E-state index is 0.0914. The fourth-order valence-corrected chi connectivity index (χ4v) is 3.34. The molecule has 1 atom stereocenters. The fraction of sp³-hybridized carbons (Fsp3) is 0.500. The average molecular weight is 357 g/mol. The van der Waals surface area contributed by atoms with Crippen LogP contribution in [0.15, 0.2) is 24.3 Å². The van der Waals surface area contributed by atoms with Crippen molar-refractivity contribution in [1.82, 2.24) is 9.78 Å². The summed E-state index contributed by atoms with van der Waals surface area (Å²) in [5.74, 6) is 0.691. The first-order valence-electron chi connectivity index (χ1n) is 9.24. The maximum atomic E-state index is 12.3. The Morgan fingerprint density at radius 1 is 1.35 bits per heavy atom. The molecule has 0 bridgehead atoms. The Kier molecular flexibility index (Phi) is 5.93. The third-order valence-corrected chi connectivity index (χ3v) is 4.78. The van der Waals surface area contributed by atoms with Crippen LogP contribution in [0.2, 0.25) is 0 Å². The number of aryl methyl sites for hydroxylation is 1. The van der Waals surface area contributed by atoms with Gasteiger partial charge in [-0.1, -0.05) is 6.92 Å². The van der Waals surface area contributed by atoms with Crippen LogP contribution < -0.4 is 10.1 Å². The number of benzene rings is 1. The highest BCUT2D eigenvalue weighted by molar-refractivity contribution is 5.90. The number of nitrogens with one attached hydrogen (secondary N) is 1. The van der Waals surface area contributed by atoms with Crippen LogP contribution in [-0.2, 0) is 22.5 Å². The molecule has 3 rings (SSSR count). The van der Waals surface area contributed by atoms with Crippen molar-refractivity contribution < 1.29 is 14.3 Å². The Morgan fingerprint density at radius 2 is 2.12 bits per heavy atom. The van der Waals surface area contributed by atoms with Gasteiger partial charge in [0.1, 0.15) is 18.9 Å². The lowest BCUT2D eigenvalue weighted by Gasteiger charge is -2.12. The zero-order chi connectivity index (χ0) is 18.5. The van der Waals surface area contributed by atoms with Crippen LogP contribution in [0.4, 0.5) is 5.69 Å². The maximum Gasteiger partial charge on any atom is 0.246 e. The van der Waals surface area contributed by atoms with E-state index in [-0.39, 0.29) is 18.6 Å². The number of ether oxygens (including phenoxy) is 2. The summed E-state index contributed by atoms with van der Waals surface area (Å²) < 4.78 is 13.0. The number of hydrogen-bond donors (Lipinski definition) is 1. The van der Waals surface area contributed by atoms with Crippen LogP contribution in [0.25, 0.3) is 0 Å². The van der Waals surface area contributed by atoms with Crippen LogP contribution in [0.3, 0.4) is 0 Å². The first-order chi connectivity index (χ1) is 12.6. The molecule has 1 amide bonds. The Balaban J connectivity index is 1.52. The molecule has 1 fully saturated rings. The smallest absolute Gasteiger partial charge is 0.246 e. The zero-order valence-electron chi connectivity index (χ0n) is 15.7. The van der Waals surface area contributed by atoms with Crippen molar-refractivity contribution in [2.45, 2.75) is 52.7 Å². The molecule has 6 nitrogen and oxygen atoms in total. The van der Waals surface area contributed by atoms with Gasteiger partial charge in [-0.2, -0.15) is 5.10 Å². The second-order valence-corrected chi connectivity index (χ2v) is 6.68. The third kappa shape index (κ3) is 4.43. The summed E-state index contributed by atoms with van der Waals surface area (Å²) in [4.78, 5) is 12.3. The molecule has 1 aliphatic rings. The highest BCUT2D eigenvalue weighted by Gasteiger charge is 2.16. The monoisotopic (exact) mass is 357 g/mol. The molecule has 6 heteroatoms. The highest BCUT2D eigenvalue weighted by atomic mass is 16.5. The molecule has 26 heavy (non-hydrogen) atoms. The zero-order valence-corrected chi connectivity index (χ0v) is 15.7. The number of carbonyl (C=O) groups is 1. The van der Waals surface area contributed by atoms with Gasteiger partial charge in [-0.25, -0.2) is 0 Å². The van der Waals surface area contributed by atoms with E-state index in [2.05, 4.69) is 17.3 Å². The van der Waals surface area contributed by atoms with E-state index in [1.807, 2.05) is 38.1 Å². The van der Waals surface area contributed by atoms with Gasteiger partial charge >= 0.3 is 0 Å². The van der Waals surface area contributed by atoms with Gasteiger partial charge in [-0.15, -0.1) is 0 Å². The van der Waals surface area contributed by atoms with Crippen molar-refractivity contribution >= 4 is 11.6 Å². The summed E-state index contributed by atoms with van der Waals surface area (Å²) in [6, 6.07) is 7.43. The Hall–Kier alpha value is -2.34. The molecular formula is C20H27N3O3. The largest absolute Gasteiger partial charge is 0.491 e. The van der Waals surface area contributed by atoms with Crippen molar-refractivity contribution in [1.29, 1.82) is 0 Å². The molecule has 1 aromatic carbocycles. The second kappa shape index (κ2) is 8.36. The van der Waals surface area contributed by atoms with Crippen LogP contribution in [0, 0.1) is 13.8 Å².